The molecule has 16 heavy (non-hydrogen) atoms. The normalized spacial score (nSPS) is 10.4. The molecule has 2 rings (SSSR count). The fourth-order valence-corrected chi connectivity index (χ4v) is 1.74. The van der Waals surface area contributed by atoms with E-state index in [1.807, 2.05) is 13.0 Å². The van der Waals surface area contributed by atoms with Gasteiger partial charge in [0.25, 0.3) is 0 Å². The quantitative estimate of drug-likeness (QED) is 0.865. The molecule has 82 valence electrons. The Hall–Kier alpha value is -1.81. The van der Waals surface area contributed by atoms with E-state index in [0.717, 1.165) is 11.4 Å². The summed E-state index contributed by atoms with van der Waals surface area (Å²) in [5, 5.41) is 4.48. The molecule has 1 aromatic carbocycles. The minimum atomic E-state index is -0.534. The number of aromatic nitrogens is 2. The monoisotopic (exact) mass is 235 g/mol. The van der Waals surface area contributed by atoms with Gasteiger partial charge in [-0.1, -0.05) is 11.6 Å². The maximum atomic E-state index is 11.0. The van der Waals surface area contributed by atoms with Crippen molar-refractivity contribution < 1.29 is 4.79 Å². The van der Waals surface area contributed by atoms with Crippen molar-refractivity contribution in [3.05, 3.63) is 46.7 Å². The lowest BCUT2D eigenvalue weighted by molar-refractivity contribution is 0.100. The Morgan fingerprint density at radius 3 is 2.69 bits per heavy atom. The van der Waals surface area contributed by atoms with Crippen LogP contribution in [0.1, 0.15) is 16.1 Å². The van der Waals surface area contributed by atoms with Crippen molar-refractivity contribution in [2.24, 2.45) is 5.73 Å². The Balaban J connectivity index is 2.50. The van der Waals surface area contributed by atoms with E-state index in [-0.39, 0.29) is 0 Å². The molecule has 1 heterocycles. The third-order valence-electron chi connectivity index (χ3n) is 2.29. The first-order valence-electron chi connectivity index (χ1n) is 4.70. The van der Waals surface area contributed by atoms with Crippen LogP contribution in [-0.2, 0) is 0 Å². The summed E-state index contributed by atoms with van der Waals surface area (Å²) in [5.41, 5.74) is 7.27. The van der Waals surface area contributed by atoms with Gasteiger partial charge in [0.2, 0.25) is 5.91 Å². The second-order valence-electron chi connectivity index (χ2n) is 3.41. The Bertz CT molecular complexity index is 548. The molecule has 2 N–H and O–H groups in total. The highest BCUT2D eigenvalue weighted by atomic mass is 35.5. The molecule has 0 aliphatic heterocycles. The van der Waals surface area contributed by atoms with Crippen LogP contribution < -0.4 is 5.73 Å². The number of aryl methyl sites for hydroxylation is 1. The number of nitrogens with two attached hydrogens (primary N) is 1. The molecule has 4 nitrogen and oxygen atoms in total. The van der Waals surface area contributed by atoms with E-state index in [1.54, 1.807) is 29.1 Å². The average Bonchev–Trinajstić information content (AvgIpc) is 2.63. The van der Waals surface area contributed by atoms with Crippen molar-refractivity contribution in [3.63, 3.8) is 0 Å². The zero-order chi connectivity index (χ0) is 11.7. The average molecular weight is 236 g/mol. The summed E-state index contributed by atoms with van der Waals surface area (Å²) in [5.74, 6) is -0.534. The minimum absolute atomic E-state index is 0.315. The van der Waals surface area contributed by atoms with Crippen LogP contribution in [0, 0.1) is 6.92 Å². The zero-order valence-corrected chi connectivity index (χ0v) is 9.40. The summed E-state index contributed by atoms with van der Waals surface area (Å²) in [6.07, 6.45) is 1.70. The topological polar surface area (TPSA) is 60.9 Å². The van der Waals surface area contributed by atoms with Crippen LogP contribution in [-0.4, -0.2) is 15.7 Å². The molecule has 0 bridgehead atoms. The Kier molecular flexibility index (Phi) is 2.66. The van der Waals surface area contributed by atoms with Crippen LogP contribution in [0.4, 0.5) is 0 Å². The molecule has 0 aliphatic carbocycles. The van der Waals surface area contributed by atoms with E-state index >= 15 is 0 Å². The number of halogens is 1. The van der Waals surface area contributed by atoms with E-state index in [4.69, 9.17) is 17.3 Å². The van der Waals surface area contributed by atoms with E-state index in [1.165, 1.54) is 0 Å². The molecule has 0 unspecified atom stereocenters. The van der Waals surface area contributed by atoms with Gasteiger partial charge >= 0.3 is 0 Å². The highest BCUT2D eigenvalue weighted by Gasteiger charge is 2.08. The molecule has 0 saturated heterocycles. The third kappa shape index (κ3) is 1.79. The van der Waals surface area contributed by atoms with Crippen molar-refractivity contribution >= 4 is 17.5 Å². The maximum absolute atomic E-state index is 11.0. The van der Waals surface area contributed by atoms with E-state index in [9.17, 15) is 4.79 Å². The lowest BCUT2D eigenvalue weighted by atomic mass is 10.2. The standard InChI is InChI=1S/C11H10ClN3O/c1-7-4-5-14-15(7)8-2-3-9(11(13)16)10(12)6-8/h2-6H,1H3,(H2,13,16). The number of hydrogen-bond acceptors (Lipinski definition) is 2. The van der Waals surface area contributed by atoms with Gasteiger partial charge in [-0.2, -0.15) is 5.10 Å². The van der Waals surface area contributed by atoms with Gasteiger partial charge in [0.1, 0.15) is 0 Å². The van der Waals surface area contributed by atoms with Gasteiger partial charge in [-0.05, 0) is 31.2 Å². The SMILES string of the molecule is Cc1ccnn1-c1ccc(C(N)=O)c(Cl)c1. The molecule has 0 radical (unpaired) electrons. The number of carbonyl (C=O) groups excluding carboxylic acids is 1. The van der Waals surface area contributed by atoms with Crippen molar-refractivity contribution in [1.82, 2.24) is 9.78 Å². The van der Waals surface area contributed by atoms with Crippen LogP contribution in [0.25, 0.3) is 5.69 Å². The van der Waals surface area contributed by atoms with Gasteiger partial charge in [-0.15, -0.1) is 0 Å². The first-order valence-corrected chi connectivity index (χ1v) is 5.08. The number of rotatable bonds is 2. The molecule has 2 aromatic rings. The number of amides is 1. The number of hydrogen-bond donors (Lipinski definition) is 1. The van der Waals surface area contributed by atoms with Gasteiger partial charge in [-0.3, -0.25) is 4.79 Å². The molecular formula is C11H10ClN3O. The summed E-state index contributed by atoms with van der Waals surface area (Å²) >= 11 is 5.95. The Labute approximate surface area is 97.6 Å². The van der Waals surface area contributed by atoms with Crippen molar-refractivity contribution in [1.29, 1.82) is 0 Å². The fourth-order valence-electron chi connectivity index (χ4n) is 1.48. The van der Waals surface area contributed by atoms with E-state index in [2.05, 4.69) is 5.10 Å². The van der Waals surface area contributed by atoms with Gasteiger partial charge in [0.05, 0.1) is 16.3 Å². The van der Waals surface area contributed by atoms with Crippen LogP contribution >= 0.6 is 11.6 Å². The second-order valence-corrected chi connectivity index (χ2v) is 3.82. The van der Waals surface area contributed by atoms with Gasteiger partial charge in [-0.25, -0.2) is 4.68 Å². The zero-order valence-electron chi connectivity index (χ0n) is 8.64. The van der Waals surface area contributed by atoms with Gasteiger partial charge in [0.15, 0.2) is 0 Å². The van der Waals surface area contributed by atoms with Crippen LogP contribution in [0.2, 0.25) is 5.02 Å². The van der Waals surface area contributed by atoms with Crippen LogP contribution in [0.3, 0.4) is 0 Å². The molecule has 5 heteroatoms. The van der Waals surface area contributed by atoms with Crippen molar-refractivity contribution in [3.8, 4) is 5.69 Å². The summed E-state index contributed by atoms with van der Waals surface area (Å²) in [7, 11) is 0. The fraction of sp³-hybridized carbons (Fsp3) is 0.0909. The number of carbonyl (C=O) groups is 1. The molecule has 0 aliphatic rings. The summed E-state index contributed by atoms with van der Waals surface area (Å²) in [6, 6.07) is 6.91. The molecular weight excluding hydrogens is 226 g/mol. The van der Waals surface area contributed by atoms with E-state index < -0.39 is 5.91 Å². The number of primary amides is 1. The minimum Gasteiger partial charge on any atom is -0.366 e. The van der Waals surface area contributed by atoms with Crippen LogP contribution in [0.15, 0.2) is 30.5 Å². The second kappa shape index (κ2) is 3.98. The lowest BCUT2D eigenvalue weighted by Crippen LogP contribution is -2.12. The first-order chi connectivity index (χ1) is 7.59. The summed E-state index contributed by atoms with van der Waals surface area (Å²) in [4.78, 5) is 11.0. The van der Waals surface area contributed by atoms with Gasteiger partial charge < -0.3 is 5.73 Å². The van der Waals surface area contributed by atoms with E-state index in [0.29, 0.717) is 10.6 Å². The number of benzene rings is 1. The largest absolute Gasteiger partial charge is 0.366 e. The molecule has 1 amide bonds. The highest BCUT2D eigenvalue weighted by Crippen LogP contribution is 2.20. The molecule has 0 fully saturated rings. The number of nitrogens with zero attached hydrogens (tertiary/aromatic N) is 2. The third-order valence-corrected chi connectivity index (χ3v) is 2.61. The lowest BCUT2D eigenvalue weighted by Gasteiger charge is -2.06. The smallest absolute Gasteiger partial charge is 0.250 e. The molecule has 0 atom stereocenters. The highest BCUT2D eigenvalue weighted by molar-refractivity contribution is 6.34. The summed E-state index contributed by atoms with van der Waals surface area (Å²) < 4.78 is 1.73. The predicted molar refractivity (Wildman–Crippen MR) is 61.8 cm³/mol. The molecule has 0 saturated carbocycles. The Morgan fingerprint density at radius 2 is 2.19 bits per heavy atom. The van der Waals surface area contributed by atoms with Crippen molar-refractivity contribution in [2.45, 2.75) is 6.92 Å². The maximum Gasteiger partial charge on any atom is 0.250 e. The molecule has 1 aromatic heterocycles. The Morgan fingerprint density at radius 1 is 1.44 bits per heavy atom. The predicted octanol–water partition coefficient (Wildman–Crippen LogP) is 1.93. The van der Waals surface area contributed by atoms with Crippen LogP contribution in [0.5, 0.6) is 0 Å². The first kappa shape index (κ1) is 10.7. The summed E-state index contributed by atoms with van der Waals surface area (Å²) in [6.45, 7) is 1.93. The van der Waals surface area contributed by atoms with Crippen molar-refractivity contribution in [2.75, 3.05) is 0 Å². The van der Waals surface area contributed by atoms with Gasteiger partial charge in [0, 0.05) is 11.9 Å². The molecule has 0 spiro atoms.